The minimum Gasteiger partial charge on any atom is -0.371 e. The van der Waals surface area contributed by atoms with Crippen LogP contribution < -0.4 is 4.90 Å². The highest BCUT2D eigenvalue weighted by Crippen LogP contribution is 2.34. The number of nitrogens with zero attached hydrogens (tertiary/aromatic N) is 2. The van der Waals surface area contributed by atoms with Gasteiger partial charge in [0.2, 0.25) is 0 Å². The van der Waals surface area contributed by atoms with Gasteiger partial charge in [0.1, 0.15) is 4.90 Å². The van der Waals surface area contributed by atoms with E-state index in [2.05, 4.69) is 18.7 Å². The van der Waals surface area contributed by atoms with Gasteiger partial charge in [0, 0.05) is 31.1 Å². The third-order valence-corrected chi connectivity index (χ3v) is 5.37. The molecule has 0 unspecified atom stereocenters. The van der Waals surface area contributed by atoms with Gasteiger partial charge >= 0.3 is 0 Å². The Morgan fingerprint density at radius 1 is 1.23 bits per heavy atom. The second kappa shape index (κ2) is 5.87. The topological polar surface area (TPSA) is 80.5 Å². The van der Waals surface area contributed by atoms with Crippen molar-refractivity contribution in [1.29, 1.82) is 0 Å². The Hall–Kier alpha value is -1.63. The summed E-state index contributed by atoms with van der Waals surface area (Å²) in [6.07, 6.45) is 4.16. The molecule has 1 aliphatic heterocycles. The summed E-state index contributed by atoms with van der Waals surface area (Å²) >= 11 is 0. The first-order chi connectivity index (χ1) is 10.1. The van der Waals surface area contributed by atoms with Gasteiger partial charge in [-0.2, -0.15) is 0 Å². The zero-order valence-corrected chi connectivity index (χ0v) is 14.0. The fraction of sp³-hybridized carbons (Fsp3) is 0.600. The fourth-order valence-electron chi connectivity index (χ4n) is 2.83. The van der Waals surface area contributed by atoms with Gasteiger partial charge in [-0.15, -0.1) is 0 Å². The predicted molar refractivity (Wildman–Crippen MR) is 86.1 cm³/mol. The normalized spacial score (nSPS) is 18.8. The summed E-state index contributed by atoms with van der Waals surface area (Å²) in [6, 6.07) is 4.37. The SMILES string of the molecule is CC1(C)CCCN(c2ccc([N+](=O)[O-])c(S(C)(=O)=O)c2)CC1. The Kier molecular flexibility index (Phi) is 4.47. The van der Waals surface area contributed by atoms with Crippen molar-refractivity contribution in [3.8, 4) is 0 Å². The molecule has 22 heavy (non-hydrogen) atoms. The molecule has 1 aromatic rings. The highest BCUT2D eigenvalue weighted by Gasteiger charge is 2.26. The first-order valence-corrected chi connectivity index (χ1v) is 9.23. The number of nitro benzene ring substituents is 1. The summed E-state index contributed by atoms with van der Waals surface area (Å²) in [7, 11) is -3.64. The summed E-state index contributed by atoms with van der Waals surface area (Å²) in [5, 5.41) is 11.0. The van der Waals surface area contributed by atoms with Crippen molar-refractivity contribution in [1.82, 2.24) is 0 Å². The quantitative estimate of drug-likeness (QED) is 0.630. The molecule has 1 heterocycles. The van der Waals surface area contributed by atoms with E-state index in [4.69, 9.17) is 0 Å². The summed E-state index contributed by atoms with van der Waals surface area (Å²) in [5.41, 5.74) is 0.653. The lowest BCUT2D eigenvalue weighted by atomic mass is 9.85. The molecular formula is C15H22N2O4S. The predicted octanol–water partition coefficient (Wildman–Crippen LogP) is 3.01. The Morgan fingerprint density at radius 3 is 2.50 bits per heavy atom. The molecule has 0 aromatic heterocycles. The molecule has 122 valence electrons. The van der Waals surface area contributed by atoms with E-state index < -0.39 is 14.8 Å². The summed E-state index contributed by atoms with van der Waals surface area (Å²) in [6.45, 7) is 6.13. The Labute approximate surface area is 131 Å². The van der Waals surface area contributed by atoms with Gasteiger partial charge in [0.05, 0.1) is 4.92 Å². The largest absolute Gasteiger partial charge is 0.371 e. The molecule has 2 rings (SSSR count). The fourth-order valence-corrected chi connectivity index (χ4v) is 3.69. The van der Waals surface area contributed by atoms with Crippen LogP contribution in [0.15, 0.2) is 23.1 Å². The van der Waals surface area contributed by atoms with Gasteiger partial charge in [-0.25, -0.2) is 8.42 Å². The Bertz CT molecular complexity index is 683. The van der Waals surface area contributed by atoms with Gasteiger partial charge in [-0.3, -0.25) is 10.1 Å². The zero-order valence-electron chi connectivity index (χ0n) is 13.2. The molecule has 0 radical (unpaired) electrons. The molecule has 6 nitrogen and oxygen atoms in total. The van der Waals surface area contributed by atoms with E-state index in [1.54, 1.807) is 6.07 Å². The van der Waals surface area contributed by atoms with E-state index in [1.165, 1.54) is 12.1 Å². The van der Waals surface area contributed by atoms with Crippen molar-refractivity contribution in [2.24, 2.45) is 5.41 Å². The van der Waals surface area contributed by atoms with Crippen LogP contribution in [0.1, 0.15) is 33.1 Å². The van der Waals surface area contributed by atoms with Crippen molar-refractivity contribution in [3.05, 3.63) is 28.3 Å². The molecule has 1 aliphatic rings. The molecule has 0 aliphatic carbocycles. The molecule has 0 spiro atoms. The maximum absolute atomic E-state index is 11.8. The van der Waals surface area contributed by atoms with Gasteiger partial charge in [0.25, 0.3) is 5.69 Å². The van der Waals surface area contributed by atoms with Crippen molar-refractivity contribution >= 4 is 21.2 Å². The first kappa shape index (κ1) is 16.7. The number of anilines is 1. The lowest BCUT2D eigenvalue weighted by Gasteiger charge is -2.25. The molecule has 0 amide bonds. The van der Waals surface area contributed by atoms with E-state index in [0.29, 0.717) is 0 Å². The number of hydrogen-bond donors (Lipinski definition) is 0. The van der Waals surface area contributed by atoms with Crippen LogP contribution in [0, 0.1) is 15.5 Å². The van der Waals surface area contributed by atoms with Crippen molar-refractivity contribution in [3.63, 3.8) is 0 Å². The second-order valence-electron chi connectivity index (χ2n) is 6.69. The Balaban J connectivity index is 2.39. The molecule has 0 N–H and O–H groups in total. The van der Waals surface area contributed by atoms with E-state index in [1.807, 2.05) is 0 Å². The average Bonchev–Trinajstić information content (AvgIpc) is 2.58. The van der Waals surface area contributed by atoms with Crippen LogP contribution in [0.2, 0.25) is 0 Å². The zero-order chi connectivity index (χ0) is 16.5. The third kappa shape index (κ3) is 3.76. The summed E-state index contributed by atoms with van der Waals surface area (Å²) < 4.78 is 23.7. The first-order valence-electron chi connectivity index (χ1n) is 7.34. The van der Waals surface area contributed by atoms with Crippen molar-refractivity contribution in [2.75, 3.05) is 24.2 Å². The monoisotopic (exact) mass is 326 g/mol. The van der Waals surface area contributed by atoms with Crippen molar-refractivity contribution < 1.29 is 13.3 Å². The minimum atomic E-state index is -3.64. The van der Waals surface area contributed by atoms with Gasteiger partial charge < -0.3 is 4.90 Å². The number of rotatable bonds is 3. The number of hydrogen-bond acceptors (Lipinski definition) is 5. The molecule has 7 heteroatoms. The van der Waals surface area contributed by atoms with E-state index in [-0.39, 0.29) is 16.0 Å². The standard InChI is InChI=1S/C15H22N2O4S/c1-15(2)7-4-9-16(10-8-15)12-5-6-13(17(18)19)14(11-12)22(3,20)21/h5-6,11H,4,7-10H2,1-3H3. The molecule has 0 bridgehead atoms. The lowest BCUT2D eigenvalue weighted by Crippen LogP contribution is -2.25. The van der Waals surface area contributed by atoms with E-state index in [0.717, 1.165) is 44.3 Å². The van der Waals surface area contributed by atoms with Gasteiger partial charge in [0.15, 0.2) is 9.84 Å². The van der Waals surface area contributed by atoms with Crippen LogP contribution in [-0.2, 0) is 9.84 Å². The van der Waals surface area contributed by atoms with Gasteiger partial charge in [-0.1, -0.05) is 13.8 Å². The molecular weight excluding hydrogens is 304 g/mol. The molecule has 0 atom stereocenters. The minimum absolute atomic E-state index is 0.210. The Morgan fingerprint density at radius 2 is 1.91 bits per heavy atom. The van der Waals surface area contributed by atoms with Crippen LogP contribution in [0.4, 0.5) is 11.4 Å². The van der Waals surface area contributed by atoms with Crippen LogP contribution in [0.25, 0.3) is 0 Å². The maximum atomic E-state index is 11.8. The summed E-state index contributed by atoms with van der Waals surface area (Å²) in [4.78, 5) is 12.3. The smallest absolute Gasteiger partial charge is 0.288 e. The molecule has 1 fully saturated rings. The van der Waals surface area contributed by atoms with Crippen LogP contribution in [0.5, 0.6) is 0 Å². The molecule has 0 saturated carbocycles. The summed E-state index contributed by atoms with van der Waals surface area (Å²) in [5.74, 6) is 0. The number of benzene rings is 1. The van der Waals surface area contributed by atoms with Crippen LogP contribution >= 0.6 is 0 Å². The van der Waals surface area contributed by atoms with Crippen LogP contribution in [0.3, 0.4) is 0 Å². The highest BCUT2D eigenvalue weighted by molar-refractivity contribution is 7.90. The maximum Gasteiger partial charge on any atom is 0.288 e. The number of nitro groups is 1. The van der Waals surface area contributed by atoms with Crippen molar-refractivity contribution in [2.45, 2.75) is 38.0 Å². The highest BCUT2D eigenvalue weighted by atomic mass is 32.2. The van der Waals surface area contributed by atoms with Crippen LogP contribution in [-0.4, -0.2) is 32.7 Å². The average molecular weight is 326 g/mol. The van der Waals surface area contributed by atoms with Gasteiger partial charge in [-0.05, 0) is 36.8 Å². The second-order valence-corrected chi connectivity index (χ2v) is 8.67. The van der Waals surface area contributed by atoms with E-state index >= 15 is 0 Å². The van der Waals surface area contributed by atoms with E-state index in [9.17, 15) is 18.5 Å². The lowest BCUT2D eigenvalue weighted by molar-refractivity contribution is -0.387. The molecule has 1 saturated heterocycles. The third-order valence-electron chi connectivity index (χ3n) is 4.24. The molecule has 1 aromatic carbocycles. The number of sulfone groups is 1.